The van der Waals surface area contributed by atoms with Gasteiger partial charge in [0.2, 0.25) is 0 Å². The van der Waals surface area contributed by atoms with E-state index in [1.807, 2.05) is 13.8 Å². The third kappa shape index (κ3) is 3.39. The Morgan fingerprint density at radius 2 is 2.38 bits per heavy atom. The molecular weight excluding hydrogens is 200 g/mol. The summed E-state index contributed by atoms with van der Waals surface area (Å²) in [6.07, 6.45) is 8.63. The van der Waals surface area contributed by atoms with Crippen LogP contribution in [-0.4, -0.2) is 16.9 Å². The number of rotatable bonds is 4. The van der Waals surface area contributed by atoms with Gasteiger partial charge in [0.1, 0.15) is 0 Å². The quantitative estimate of drug-likeness (QED) is 0.781. The summed E-state index contributed by atoms with van der Waals surface area (Å²) in [5, 5.41) is 2.79. The van der Waals surface area contributed by atoms with E-state index in [1.165, 1.54) is 0 Å². The molecular formula is C13H16N2O. The van der Waals surface area contributed by atoms with Gasteiger partial charge in [0.25, 0.3) is 5.91 Å². The maximum atomic E-state index is 11.8. The van der Waals surface area contributed by atoms with E-state index >= 15 is 0 Å². The third-order valence-electron chi connectivity index (χ3n) is 2.26. The first-order valence-electron chi connectivity index (χ1n) is 5.37. The molecule has 0 spiro atoms. The average molecular weight is 216 g/mol. The first kappa shape index (κ1) is 12.3. The SMILES string of the molecule is C#CC(CCC)NC(=O)c1ccc(C)nc1. The number of carbonyl (C=O) groups is 1. The van der Waals surface area contributed by atoms with E-state index in [0.29, 0.717) is 5.56 Å². The number of nitrogens with one attached hydrogen (secondary N) is 1. The molecule has 16 heavy (non-hydrogen) atoms. The Morgan fingerprint density at radius 3 is 2.88 bits per heavy atom. The van der Waals surface area contributed by atoms with E-state index in [1.54, 1.807) is 18.3 Å². The standard InChI is InChI=1S/C13H16N2O/c1-4-6-12(5-2)15-13(16)11-8-7-10(3)14-9-11/h2,7-9,12H,4,6H2,1,3H3,(H,15,16). The second kappa shape index (κ2) is 5.92. The minimum Gasteiger partial charge on any atom is -0.338 e. The molecule has 0 radical (unpaired) electrons. The molecule has 1 atom stereocenters. The molecule has 3 nitrogen and oxygen atoms in total. The van der Waals surface area contributed by atoms with E-state index < -0.39 is 0 Å². The fourth-order valence-electron chi connectivity index (χ4n) is 1.33. The van der Waals surface area contributed by atoms with Crippen LogP contribution in [0.15, 0.2) is 18.3 Å². The van der Waals surface area contributed by atoms with E-state index in [-0.39, 0.29) is 11.9 Å². The van der Waals surface area contributed by atoms with Crippen LogP contribution in [0.25, 0.3) is 0 Å². The second-order valence-electron chi connectivity index (χ2n) is 3.67. The van der Waals surface area contributed by atoms with Gasteiger partial charge in [-0.25, -0.2) is 0 Å². The predicted molar refractivity (Wildman–Crippen MR) is 64.0 cm³/mol. The molecule has 0 bridgehead atoms. The number of amides is 1. The minimum atomic E-state index is -0.196. The monoisotopic (exact) mass is 216 g/mol. The Bertz CT molecular complexity index is 389. The van der Waals surface area contributed by atoms with Crippen molar-refractivity contribution >= 4 is 5.91 Å². The maximum Gasteiger partial charge on any atom is 0.253 e. The molecule has 0 aromatic carbocycles. The topological polar surface area (TPSA) is 42.0 Å². The van der Waals surface area contributed by atoms with Crippen LogP contribution in [0, 0.1) is 19.3 Å². The van der Waals surface area contributed by atoms with Gasteiger partial charge in [0.15, 0.2) is 0 Å². The van der Waals surface area contributed by atoms with Gasteiger partial charge in [0.05, 0.1) is 11.6 Å². The van der Waals surface area contributed by atoms with Gasteiger partial charge < -0.3 is 5.32 Å². The highest BCUT2D eigenvalue weighted by atomic mass is 16.1. The molecule has 1 aromatic heterocycles. The van der Waals surface area contributed by atoms with Crippen LogP contribution in [0.1, 0.15) is 35.8 Å². The summed E-state index contributed by atoms with van der Waals surface area (Å²) >= 11 is 0. The van der Waals surface area contributed by atoms with Crippen molar-refractivity contribution in [2.24, 2.45) is 0 Å². The molecule has 1 unspecified atom stereocenters. The molecule has 0 fully saturated rings. The molecule has 0 aliphatic rings. The lowest BCUT2D eigenvalue weighted by molar-refractivity contribution is 0.0944. The Morgan fingerprint density at radius 1 is 1.62 bits per heavy atom. The normalized spacial score (nSPS) is 11.6. The van der Waals surface area contributed by atoms with Crippen molar-refractivity contribution in [1.29, 1.82) is 0 Å². The number of hydrogen-bond acceptors (Lipinski definition) is 2. The molecule has 84 valence electrons. The summed E-state index contributed by atoms with van der Waals surface area (Å²) in [5.74, 6) is 2.40. The fraction of sp³-hybridized carbons (Fsp3) is 0.385. The smallest absolute Gasteiger partial charge is 0.253 e. The molecule has 1 heterocycles. The van der Waals surface area contributed by atoms with Crippen molar-refractivity contribution in [3.8, 4) is 12.3 Å². The zero-order valence-corrected chi connectivity index (χ0v) is 9.66. The first-order chi connectivity index (χ1) is 7.67. The molecule has 3 heteroatoms. The Hall–Kier alpha value is -1.82. The van der Waals surface area contributed by atoms with Crippen molar-refractivity contribution in [2.45, 2.75) is 32.7 Å². The summed E-state index contributed by atoms with van der Waals surface area (Å²) in [7, 11) is 0. The molecule has 1 aromatic rings. The molecule has 0 aliphatic carbocycles. The van der Waals surface area contributed by atoms with Crippen LogP contribution in [-0.2, 0) is 0 Å². The lowest BCUT2D eigenvalue weighted by Crippen LogP contribution is -2.33. The van der Waals surface area contributed by atoms with Crippen LogP contribution in [0.3, 0.4) is 0 Å². The highest BCUT2D eigenvalue weighted by Crippen LogP contribution is 2.01. The largest absolute Gasteiger partial charge is 0.338 e. The van der Waals surface area contributed by atoms with E-state index in [4.69, 9.17) is 6.42 Å². The van der Waals surface area contributed by atoms with Crippen molar-refractivity contribution in [1.82, 2.24) is 10.3 Å². The minimum absolute atomic E-state index is 0.163. The molecule has 0 aliphatic heterocycles. The van der Waals surface area contributed by atoms with Crippen molar-refractivity contribution in [3.05, 3.63) is 29.6 Å². The Balaban J connectivity index is 2.65. The molecule has 0 saturated heterocycles. The third-order valence-corrected chi connectivity index (χ3v) is 2.26. The van der Waals surface area contributed by atoms with Gasteiger partial charge in [-0.05, 0) is 25.5 Å². The predicted octanol–water partition coefficient (Wildman–Crippen LogP) is 1.92. The lowest BCUT2D eigenvalue weighted by atomic mass is 10.1. The number of aromatic nitrogens is 1. The van der Waals surface area contributed by atoms with Gasteiger partial charge >= 0.3 is 0 Å². The first-order valence-corrected chi connectivity index (χ1v) is 5.37. The number of aryl methyl sites for hydroxylation is 1. The van der Waals surface area contributed by atoms with E-state index in [2.05, 4.69) is 16.2 Å². The Labute approximate surface area is 96.3 Å². The summed E-state index contributed by atoms with van der Waals surface area (Å²) in [6, 6.07) is 3.36. The van der Waals surface area contributed by atoms with Gasteiger partial charge in [-0.15, -0.1) is 6.42 Å². The summed E-state index contributed by atoms with van der Waals surface area (Å²) in [6.45, 7) is 3.91. The lowest BCUT2D eigenvalue weighted by Gasteiger charge is -2.11. The number of nitrogens with zero attached hydrogens (tertiary/aromatic N) is 1. The highest BCUT2D eigenvalue weighted by Gasteiger charge is 2.10. The van der Waals surface area contributed by atoms with Gasteiger partial charge in [-0.3, -0.25) is 9.78 Å². The second-order valence-corrected chi connectivity index (χ2v) is 3.67. The zero-order chi connectivity index (χ0) is 12.0. The van der Waals surface area contributed by atoms with Crippen LogP contribution >= 0.6 is 0 Å². The van der Waals surface area contributed by atoms with Crippen LogP contribution in [0.2, 0.25) is 0 Å². The Kier molecular flexibility index (Phi) is 4.53. The van der Waals surface area contributed by atoms with E-state index in [0.717, 1.165) is 18.5 Å². The number of carbonyl (C=O) groups excluding carboxylic acids is 1. The average Bonchev–Trinajstić information content (AvgIpc) is 2.29. The number of hydrogen-bond donors (Lipinski definition) is 1. The maximum absolute atomic E-state index is 11.8. The van der Waals surface area contributed by atoms with Crippen molar-refractivity contribution in [2.75, 3.05) is 0 Å². The number of pyridine rings is 1. The van der Waals surface area contributed by atoms with Crippen molar-refractivity contribution in [3.63, 3.8) is 0 Å². The molecule has 0 saturated carbocycles. The molecule has 1 amide bonds. The van der Waals surface area contributed by atoms with Crippen LogP contribution < -0.4 is 5.32 Å². The van der Waals surface area contributed by atoms with Crippen LogP contribution in [0.4, 0.5) is 0 Å². The van der Waals surface area contributed by atoms with E-state index in [9.17, 15) is 4.79 Å². The number of terminal acetylenes is 1. The van der Waals surface area contributed by atoms with Gasteiger partial charge in [0, 0.05) is 11.9 Å². The molecule has 1 rings (SSSR count). The fourth-order valence-corrected chi connectivity index (χ4v) is 1.33. The van der Waals surface area contributed by atoms with Gasteiger partial charge in [-0.2, -0.15) is 0 Å². The van der Waals surface area contributed by atoms with Crippen molar-refractivity contribution < 1.29 is 4.79 Å². The highest BCUT2D eigenvalue weighted by molar-refractivity contribution is 5.94. The van der Waals surface area contributed by atoms with Crippen LogP contribution in [0.5, 0.6) is 0 Å². The summed E-state index contributed by atoms with van der Waals surface area (Å²) < 4.78 is 0. The summed E-state index contributed by atoms with van der Waals surface area (Å²) in [4.78, 5) is 15.8. The molecule has 1 N–H and O–H groups in total. The summed E-state index contributed by atoms with van der Waals surface area (Å²) in [5.41, 5.74) is 1.43. The zero-order valence-electron chi connectivity index (χ0n) is 9.66. The van der Waals surface area contributed by atoms with Gasteiger partial charge in [-0.1, -0.05) is 19.3 Å².